The van der Waals surface area contributed by atoms with Gasteiger partial charge in [0.15, 0.2) is 0 Å². The van der Waals surface area contributed by atoms with Gasteiger partial charge in [0, 0.05) is 5.41 Å². The summed E-state index contributed by atoms with van der Waals surface area (Å²) in [6.07, 6.45) is 0. The number of aryl methyl sites for hydroxylation is 3. The number of carbonyl (C=O) groups excluding carboxylic acids is 3. The molecule has 0 aliphatic carbocycles. The van der Waals surface area contributed by atoms with E-state index in [1.54, 1.807) is 32.9 Å². The lowest BCUT2D eigenvalue weighted by Crippen LogP contribution is -2.41. The Labute approximate surface area is 156 Å². The quantitative estimate of drug-likeness (QED) is 0.714. The zero-order chi connectivity index (χ0) is 19.6. The van der Waals surface area contributed by atoms with Crippen LogP contribution in [0, 0.1) is 26.2 Å². The Hall–Kier alpha value is -2.61. The van der Waals surface area contributed by atoms with E-state index in [1.165, 1.54) is 0 Å². The Balaban J connectivity index is 2.03. The van der Waals surface area contributed by atoms with Crippen LogP contribution in [0.3, 0.4) is 0 Å². The fourth-order valence-electron chi connectivity index (χ4n) is 2.16. The van der Waals surface area contributed by atoms with Crippen LogP contribution >= 0.6 is 11.3 Å². The fourth-order valence-corrected chi connectivity index (χ4v) is 3.13. The van der Waals surface area contributed by atoms with E-state index in [4.69, 9.17) is 4.42 Å². The number of furan rings is 1. The largest absolute Gasteiger partial charge is 0.466 e. The molecule has 26 heavy (non-hydrogen) atoms. The molecule has 0 bridgehead atoms. The maximum absolute atomic E-state index is 12.3. The van der Waals surface area contributed by atoms with Crippen LogP contribution in [0.1, 0.15) is 57.9 Å². The number of nitrogens with one attached hydrogen (secondary N) is 3. The van der Waals surface area contributed by atoms with Crippen molar-refractivity contribution in [1.82, 2.24) is 10.9 Å². The third-order valence-electron chi connectivity index (χ3n) is 3.62. The Kier molecular flexibility index (Phi) is 5.56. The Morgan fingerprint density at radius 3 is 2.15 bits per heavy atom. The highest BCUT2D eigenvalue weighted by Crippen LogP contribution is 2.28. The molecular formula is C18H23N3O4S. The second kappa shape index (κ2) is 7.33. The summed E-state index contributed by atoms with van der Waals surface area (Å²) >= 11 is 1.15. The molecule has 2 aromatic heterocycles. The molecule has 0 saturated carbocycles. The first kappa shape index (κ1) is 19.7. The van der Waals surface area contributed by atoms with Gasteiger partial charge < -0.3 is 9.73 Å². The van der Waals surface area contributed by atoms with E-state index in [9.17, 15) is 14.4 Å². The molecule has 8 heteroatoms. The summed E-state index contributed by atoms with van der Waals surface area (Å²) in [4.78, 5) is 36.9. The van der Waals surface area contributed by atoms with Gasteiger partial charge >= 0.3 is 0 Å². The summed E-state index contributed by atoms with van der Waals surface area (Å²) in [5, 5.41) is 3.38. The number of hydrazine groups is 1. The first-order valence-electron chi connectivity index (χ1n) is 8.08. The molecule has 0 fully saturated rings. The summed E-state index contributed by atoms with van der Waals surface area (Å²) < 4.78 is 5.30. The molecule has 0 aliphatic rings. The van der Waals surface area contributed by atoms with Gasteiger partial charge in [-0.1, -0.05) is 20.8 Å². The van der Waals surface area contributed by atoms with Crippen LogP contribution in [0.15, 0.2) is 16.5 Å². The van der Waals surface area contributed by atoms with Crippen LogP contribution in [-0.2, 0) is 4.79 Å². The van der Waals surface area contributed by atoms with Crippen molar-refractivity contribution in [1.29, 1.82) is 0 Å². The predicted octanol–water partition coefficient (Wildman–Crippen LogP) is 3.33. The van der Waals surface area contributed by atoms with E-state index in [0.29, 0.717) is 32.5 Å². The summed E-state index contributed by atoms with van der Waals surface area (Å²) in [6, 6.07) is 3.34. The molecule has 140 valence electrons. The smallest absolute Gasteiger partial charge is 0.280 e. The van der Waals surface area contributed by atoms with Crippen LogP contribution in [0.2, 0.25) is 0 Å². The molecule has 0 atom stereocenters. The van der Waals surface area contributed by atoms with Crippen LogP contribution in [-0.4, -0.2) is 17.7 Å². The van der Waals surface area contributed by atoms with Gasteiger partial charge in [-0.2, -0.15) is 0 Å². The third-order valence-corrected chi connectivity index (χ3v) is 4.77. The maximum Gasteiger partial charge on any atom is 0.280 e. The standard InChI is InChI=1S/C18H23N3O4S/c1-9-7-13(19-17(24)18(4,5)6)26-14(9)16(23)21-20-15(22)12-8-10(2)25-11(12)3/h7-8H,1-6H3,(H,19,24)(H,20,22)(H,21,23). The van der Waals surface area contributed by atoms with E-state index in [2.05, 4.69) is 16.2 Å². The van der Waals surface area contributed by atoms with E-state index in [0.717, 1.165) is 11.3 Å². The lowest BCUT2D eigenvalue weighted by atomic mass is 9.96. The first-order chi connectivity index (χ1) is 12.0. The van der Waals surface area contributed by atoms with Gasteiger partial charge in [-0.15, -0.1) is 11.3 Å². The van der Waals surface area contributed by atoms with Gasteiger partial charge in [-0.3, -0.25) is 25.2 Å². The summed E-state index contributed by atoms with van der Waals surface area (Å²) in [7, 11) is 0. The molecule has 2 rings (SSSR count). The van der Waals surface area contributed by atoms with E-state index in [1.807, 2.05) is 20.8 Å². The molecule has 0 saturated heterocycles. The molecule has 7 nitrogen and oxygen atoms in total. The maximum atomic E-state index is 12.3. The van der Waals surface area contributed by atoms with Crippen LogP contribution < -0.4 is 16.2 Å². The molecular weight excluding hydrogens is 354 g/mol. The van der Waals surface area contributed by atoms with Gasteiger partial charge in [0.05, 0.1) is 15.4 Å². The lowest BCUT2D eigenvalue weighted by Gasteiger charge is -2.16. The predicted molar refractivity (Wildman–Crippen MR) is 100 cm³/mol. The Bertz CT molecular complexity index is 858. The number of carbonyl (C=O) groups is 3. The van der Waals surface area contributed by atoms with Gasteiger partial charge in [-0.25, -0.2) is 0 Å². The molecule has 2 heterocycles. The monoisotopic (exact) mass is 377 g/mol. The van der Waals surface area contributed by atoms with Crippen molar-refractivity contribution < 1.29 is 18.8 Å². The van der Waals surface area contributed by atoms with Crippen LogP contribution in [0.5, 0.6) is 0 Å². The molecule has 2 aromatic rings. The van der Waals surface area contributed by atoms with Crippen molar-refractivity contribution in [3.8, 4) is 0 Å². The highest BCUT2D eigenvalue weighted by atomic mass is 32.1. The van der Waals surface area contributed by atoms with Crippen molar-refractivity contribution in [2.45, 2.75) is 41.5 Å². The zero-order valence-electron chi connectivity index (χ0n) is 15.7. The summed E-state index contributed by atoms with van der Waals surface area (Å²) in [5.41, 5.74) is 5.30. The van der Waals surface area contributed by atoms with Crippen molar-refractivity contribution in [3.63, 3.8) is 0 Å². The molecule has 0 aromatic carbocycles. The van der Waals surface area contributed by atoms with Crippen LogP contribution in [0.25, 0.3) is 0 Å². The molecule has 0 unspecified atom stereocenters. The Morgan fingerprint density at radius 1 is 1.00 bits per heavy atom. The number of thiophene rings is 1. The third kappa shape index (κ3) is 4.51. The Morgan fingerprint density at radius 2 is 1.62 bits per heavy atom. The summed E-state index contributed by atoms with van der Waals surface area (Å²) in [6.45, 7) is 10.6. The van der Waals surface area contributed by atoms with Crippen molar-refractivity contribution in [2.75, 3.05) is 5.32 Å². The van der Waals surface area contributed by atoms with Gasteiger partial charge in [0.2, 0.25) is 5.91 Å². The average molecular weight is 377 g/mol. The molecule has 0 aliphatic heterocycles. The molecule has 0 spiro atoms. The van der Waals surface area contributed by atoms with Crippen molar-refractivity contribution in [2.24, 2.45) is 5.41 Å². The van der Waals surface area contributed by atoms with Gasteiger partial charge in [-0.05, 0) is 38.5 Å². The summed E-state index contributed by atoms with van der Waals surface area (Å²) in [5.74, 6) is 0.0593. The van der Waals surface area contributed by atoms with Gasteiger partial charge in [0.25, 0.3) is 11.8 Å². The topological polar surface area (TPSA) is 100 Å². The number of amides is 3. The van der Waals surface area contributed by atoms with Gasteiger partial charge in [0.1, 0.15) is 11.5 Å². The number of hydrogen-bond acceptors (Lipinski definition) is 5. The van der Waals surface area contributed by atoms with E-state index < -0.39 is 17.2 Å². The number of hydrogen-bond donors (Lipinski definition) is 3. The molecule has 0 radical (unpaired) electrons. The second-order valence-corrected chi connectivity index (χ2v) is 8.11. The minimum Gasteiger partial charge on any atom is -0.466 e. The van der Waals surface area contributed by atoms with Crippen molar-refractivity contribution in [3.05, 3.63) is 39.7 Å². The second-order valence-electron chi connectivity index (χ2n) is 7.06. The van der Waals surface area contributed by atoms with E-state index >= 15 is 0 Å². The van der Waals surface area contributed by atoms with Crippen molar-refractivity contribution >= 4 is 34.1 Å². The number of anilines is 1. The highest BCUT2D eigenvalue weighted by Gasteiger charge is 2.23. The minimum absolute atomic E-state index is 0.134. The molecule has 3 N–H and O–H groups in total. The lowest BCUT2D eigenvalue weighted by molar-refractivity contribution is -0.123. The van der Waals surface area contributed by atoms with Crippen LogP contribution in [0.4, 0.5) is 5.00 Å². The minimum atomic E-state index is -0.533. The fraction of sp³-hybridized carbons (Fsp3) is 0.389. The highest BCUT2D eigenvalue weighted by molar-refractivity contribution is 7.18. The molecule has 3 amide bonds. The normalized spacial score (nSPS) is 11.2. The first-order valence-corrected chi connectivity index (χ1v) is 8.90. The SMILES string of the molecule is Cc1cc(C(=O)NNC(=O)c2sc(NC(=O)C(C)(C)C)cc2C)c(C)o1. The van der Waals surface area contributed by atoms with E-state index in [-0.39, 0.29) is 5.91 Å². The zero-order valence-corrected chi connectivity index (χ0v) is 16.5. The average Bonchev–Trinajstić information content (AvgIpc) is 3.05. The number of rotatable bonds is 3.